The molecule has 1 aliphatic rings. The lowest BCUT2D eigenvalue weighted by Gasteiger charge is -2.25. The predicted molar refractivity (Wildman–Crippen MR) is 122 cm³/mol. The number of hydrogen-bond donors (Lipinski definition) is 4. The van der Waals surface area contributed by atoms with Crippen LogP contribution in [0, 0.1) is 0 Å². The molecule has 198 valence electrons. The number of nitrogens with zero attached hydrogens (tertiary/aromatic N) is 2. The molecule has 0 bridgehead atoms. The van der Waals surface area contributed by atoms with Gasteiger partial charge in [0.15, 0.2) is 6.23 Å². The minimum Gasteiger partial charge on any atom is -0.460 e. The molecule has 1 aliphatic heterocycles. The molecule has 2 rings (SSSR count). The van der Waals surface area contributed by atoms with E-state index >= 15 is 0 Å². The van der Waals surface area contributed by atoms with Crippen LogP contribution in [0.2, 0.25) is 0 Å². The summed E-state index contributed by atoms with van der Waals surface area (Å²) in [5.74, 6) is -0.675. The number of nitrogens with one attached hydrogen (secondary N) is 1. The molecule has 1 fully saturated rings. The van der Waals surface area contributed by atoms with Gasteiger partial charge in [-0.1, -0.05) is 0 Å². The number of ether oxygens (including phenoxy) is 3. The molecule has 1 saturated heterocycles. The SMILES string of the molecule is CC(C)(C)OC(=O)C[C@@H](Cn1c(=O)ccn([C@@H]2O[C@H](CO)C(O)[C@@H]2O)c1=O)NC(=O)OC(C)(C)C. The first-order valence-corrected chi connectivity index (χ1v) is 11.2. The monoisotopic (exact) mass is 501 g/mol. The summed E-state index contributed by atoms with van der Waals surface area (Å²) in [6.07, 6.45) is -5.64. The average Bonchev–Trinajstić information content (AvgIpc) is 2.96. The molecule has 0 aromatic carbocycles. The first-order chi connectivity index (χ1) is 16.0. The van der Waals surface area contributed by atoms with Crippen molar-refractivity contribution in [3.8, 4) is 0 Å². The lowest BCUT2D eigenvalue weighted by Crippen LogP contribution is -2.49. The highest BCUT2D eigenvalue weighted by molar-refractivity contribution is 5.73. The Bertz CT molecular complexity index is 990. The van der Waals surface area contributed by atoms with Crippen molar-refractivity contribution in [1.29, 1.82) is 0 Å². The van der Waals surface area contributed by atoms with E-state index in [0.717, 1.165) is 21.4 Å². The molecule has 35 heavy (non-hydrogen) atoms. The first-order valence-electron chi connectivity index (χ1n) is 11.2. The summed E-state index contributed by atoms with van der Waals surface area (Å²) in [5.41, 5.74) is -3.30. The third-order valence-corrected chi connectivity index (χ3v) is 4.84. The van der Waals surface area contributed by atoms with E-state index in [1.165, 1.54) is 0 Å². The van der Waals surface area contributed by atoms with Crippen LogP contribution in [-0.2, 0) is 25.5 Å². The van der Waals surface area contributed by atoms with Gasteiger partial charge in [-0.15, -0.1) is 0 Å². The molecule has 1 aromatic rings. The van der Waals surface area contributed by atoms with Crippen molar-refractivity contribution in [3.05, 3.63) is 33.1 Å². The molecule has 2 heterocycles. The highest BCUT2D eigenvalue weighted by atomic mass is 16.6. The second kappa shape index (κ2) is 10.9. The number of hydrogen-bond acceptors (Lipinski definition) is 10. The summed E-state index contributed by atoms with van der Waals surface area (Å²) >= 11 is 0. The second-order valence-electron chi connectivity index (χ2n) is 10.3. The first kappa shape index (κ1) is 28.5. The summed E-state index contributed by atoms with van der Waals surface area (Å²) < 4.78 is 17.5. The minimum absolute atomic E-state index is 0.370. The maximum Gasteiger partial charge on any atom is 0.407 e. The molecule has 0 saturated carbocycles. The molecule has 0 radical (unpaired) electrons. The van der Waals surface area contributed by atoms with Crippen LogP contribution in [0.5, 0.6) is 0 Å². The molecule has 0 aliphatic carbocycles. The summed E-state index contributed by atoms with van der Waals surface area (Å²) in [5, 5.41) is 32.1. The van der Waals surface area contributed by atoms with Gasteiger partial charge >= 0.3 is 17.8 Å². The van der Waals surface area contributed by atoms with Crippen molar-refractivity contribution in [3.63, 3.8) is 0 Å². The van der Waals surface area contributed by atoms with E-state index in [-0.39, 0.29) is 6.42 Å². The Morgan fingerprint density at radius 1 is 1.09 bits per heavy atom. The Morgan fingerprint density at radius 2 is 1.69 bits per heavy atom. The van der Waals surface area contributed by atoms with Crippen molar-refractivity contribution in [2.24, 2.45) is 0 Å². The van der Waals surface area contributed by atoms with Crippen LogP contribution in [0.25, 0.3) is 0 Å². The Morgan fingerprint density at radius 3 is 2.20 bits per heavy atom. The van der Waals surface area contributed by atoms with E-state index in [4.69, 9.17) is 14.2 Å². The van der Waals surface area contributed by atoms with Crippen LogP contribution >= 0.6 is 0 Å². The fourth-order valence-electron chi connectivity index (χ4n) is 3.44. The number of alkyl carbamates (subject to hydrolysis) is 1. The number of aromatic nitrogens is 2. The van der Waals surface area contributed by atoms with E-state index in [9.17, 15) is 34.5 Å². The molecule has 5 atom stereocenters. The quantitative estimate of drug-likeness (QED) is 0.347. The van der Waals surface area contributed by atoms with Crippen molar-refractivity contribution in [2.75, 3.05) is 6.61 Å². The Kier molecular flexibility index (Phi) is 8.87. The Balaban J connectivity index is 2.36. The van der Waals surface area contributed by atoms with Gasteiger partial charge in [-0.25, -0.2) is 9.59 Å². The second-order valence-corrected chi connectivity index (χ2v) is 10.3. The number of carbonyl (C=O) groups excluding carboxylic acids is 2. The fourth-order valence-corrected chi connectivity index (χ4v) is 3.44. The molecule has 1 aromatic heterocycles. The number of aliphatic hydroxyl groups is 3. The number of rotatable bonds is 7. The highest BCUT2D eigenvalue weighted by Crippen LogP contribution is 2.27. The zero-order valence-corrected chi connectivity index (χ0v) is 20.8. The van der Waals surface area contributed by atoms with Gasteiger partial charge in [-0.3, -0.25) is 18.7 Å². The largest absolute Gasteiger partial charge is 0.460 e. The number of aliphatic hydroxyl groups excluding tert-OH is 3. The lowest BCUT2D eigenvalue weighted by atomic mass is 10.1. The third-order valence-electron chi connectivity index (χ3n) is 4.84. The van der Waals surface area contributed by atoms with Gasteiger partial charge in [0.1, 0.15) is 29.5 Å². The van der Waals surface area contributed by atoms with E-state index in [2.05, 4.69) is 5.32 Å². The van der Waals surface area contributed by atoms with Crippen LogP contribution in [0.4, 0.5) is 4.79 Å². The van der Waals surface area contributed by atoms with Gasteiger partial charge < -0.3 is 34.8 Å². The number of amides is 1. The van der Waals surface area contributed by atoms with Gasteiger partial charge in [-0.2, -0.15) is 0 Å². The van der Waals surface area contributed by atoms with Gasteiger partial charge in [0.25, 0.3) is 5.56 Å². The Hall–Kier alpha value is -2.74. The molecular weight excluding hydrogens is 466 g/mol. The van der Waals surface area contributed by atoms with Gasteiger partial charge in [0.2, 0.25) is 0 Å². The van der Waals surface area contributed by atoms with Crippen LogP contribution < -0.4 is 16.6 Å². The maximum atomic E-state index is 13.1. The van der Waals surface area contributed by atoms with Crippen LogP contribution in [-0.4, -0.2) is 78.7 Å². The fraction of sp³-hybridized carbons (Fsp3) is 0.727. The zero-order valence-electron chi connectivity index (χ0n) is 20.8. The summed E-state index contributed by atoms with van der Waals surface area (Å²) in [6.45, 7) is 8.94. The summed E-state index contributed by atoms with van der Waals surface area (Å²) in [4.78, 5) is 50.4. The maximum absolute atomic E-state index is 13.1. The topological polar surface area (TPSA) is 179 Å². The van der Waals surface area contributed by atoms with E-state index in [1.807, 2.05) is 0 Å². The highest BCUT2D eigenvalue weighted by Gasteiger charge is 2.44. The average molecular weight is 502 g/mol. The van der Waals surface area contributed by atoms with Crippen molar-refractivity contribution >= 4 is 12.1 Å². The third kappa shape index (κ3) is 7.88. The normalized spacial score (nSPS) is 23.6. The van der Waals surface area contributed by atoms with Gasteiger partial charge in [0.05, 0.1) is 25.6 Å². The lowest BCUT2D eigenvalue weighted by molar-refractivity contribution is -0.155. The van der Waals surface area contributed by atoms with Crippen LogP contribution in [0.1, 0.15) is 54.2 Å². The van der Waals surface area contributed by atoms with E-state index < -0.39 is 78.2 Å². The molecule has 1 amide bonds. The van der Waals surface area contributed by atoms with Gasteiger partial charge in [-0.05, 0) is 41.5 Å². The van der Waals surface area contributed by atoms with Crippen LogP contribution in [0.15, 0.2) is 21.9 Å². The number of esters is 1. The minimum atomic E-state index is -1.55. The summed E-state index contributed by atoms with van der Waals surface area (Å²) in [7, 11) is 0. The smallest absolute Gasteiger partial charge is 0.407 e. The zero-order chi connectivity index (χ0) is 26.7. The van der Waals surface area contributed by atoms with Crippen molar-refractivity contribution < 1.29 is 39.1 Å². The number of carbonyl (C=O) groups is 2. The summed E-state index contributed by atoms with van der Waals surface area (Å²) in [6, 6.07) is -0.0279. The molecule has 0 spiro atoms. The molecule has 4 N–H and O–H groups in total. The van der Waals surface area contributed by atoms with E-state index in [0.29, 0.717) is 0 Å². The van der Waals surface area contributed by atoms with Crippen molar-refractivity contribution in [1.82, 2.24) is 14.5 Å². The predicted octanol–water partition coefficient (Wildman–Crippen LogP) is -0.753. The molecule has 1 unspecified atom stereocenters. The molecule has 13 nitrogen and oxygen atoms in total. The van der Waals surface area contributed by atoms with Crippen LogP contribution in [0.3, 0.4) is 0 Å². The standard InChI is InChI=1S/C22H35N3O10/c1-21(2,3)34-15(28)9-12(23-19(31)35-22(4,5)6)10-25-14(27)7-8-24(20(25)32)18-17(30)16(29)13(11-26)33-18/h7-8,12-13,16-18,26,29-30H,9-11H2,1-6H3,(H,23,31)/t12-,13+,16?,17-,18+/m0/s1. The molecule has 13 heteroatoms. The van der Waals surface area contributed by atoms with Crippen molar-refractivity contribution in [2.45, 2.75) is 96.3 Å². The Labute approximate surface area is 202 Å². The van der Waals surface area contributed by atoms with E-state index in [1.54, 1.807) is 41.5 Å². The molecular formula is C22H35N3O10. The van der Waals surface area contributed by atoms with Gasteiger partial charge in [0, 0.05) is 12.3 Å².